The smallest absolute Gasteiger partial charge is 0.356 e. The molecular weight excluding hydrogens is 266 g/mol. The topological polar surface area (TPSA) is 68.5 Å². The number of carbonyl (C=O) groups excluding carboxylic acids is 1. The summed E-state index contributed by atoms with van der Waals surface area (Å²) in [4.78, 5) is 18.1. The van der Waals surface area contributed by atoms with Crippen LogP contribution in [0.1, 0.15) is 36.2 Å². The SMILES string of the molecule is COC(=O)c1ccc(N)c(N(C)CC2CC3CCC2C3)n1. The molecule has 2 fully saturated rings. The highest BCUT2D eigenvalue weighted by atomic mass is 16.5. The van der Waals surface area contributed by atoms with E-state index in [1.165, 1.54) is 32.8 Å². The molecule has 0 aliphatic heterocycles. The van der Waals surface area contributed by atoms with E-state index in [1.807, 2.05) is 7.05 Å². The lowest BCUT2D eigenvalue weighted by molar-refractivity contribution is 0.0594. The largest absolute Gasteiger partial charge is 0.464 e. The second-order valence-corrected chi connectivity index (χ2v) is 6.42. The number of esters is 1. The molecule has 3 atom stereocenters. The summed E-state index contributed by atoms with van der Waals surface area (Å²) >= 11 is 0. The molecule has 114 valence electrons. The van der Waals surface area contributed by atoms with Crippen LogP contribution < -0.4 is 10.6 Å². The lowest BCUT2D eigenvalue weighted by atomic mass is 9.88. The Morgan fingerprint density at radius 2 is 2.24 bits per heavy atom. The summed E-state index contributed by atoms with van der Waals surface area (Å²) in [6, 6.07) is 3.34. The van der Waals surface area contributed by atoms with Crippen molar-refractivity contribution in [1.29, 1.82) is 0 Å². The minimum absolute atomic E-state index is 0.307. The van der Waals surface area contributed by atoms with E-state index < -0.39 is 5.97 Å². The van der Waals surface area contributed by atoms with Crippen LogP contribution in [0.3, 0.4) is 0 Å². The number of methoxy groups -OCH3 is 1. The summed E-state index contributed by atoms with van der Waals surface area (Å²) in [5.41, 5.74) is 6.94. The van der Waals surface area contributed by atoms with Crippen molar-refractivity contribution in [3.8, 4) is 0 Å². The lowest BCUT2D eigenvalue weighted by Crippen LogP contribution is -2.30. The van der Waals surface area contributed by atoms with E-state index in [-0.39, 0.29) is 0 Å². The molecule has 0 radical (unpaired) electrons. The Kier molecular flexibility index (Phi) is 3.74. The molecule has 1 aromatic rings. The minimum atomic E-state index is -0.426. The summed E-state index contributed by atoms with van der Waals surface area (Å²) in [6.45, 7) is 0.961. The Morgan fingerprint density at radius 3 is 2.86 bits per heavy atom. The molecule has 21 heavy (non-hydrogen) atoms. The van der Waals surface area contributed by atoms with Crippen molar-refractivity contribution in [3.05, 3.63) is 17.8 Å². The van der Waals surface area contributed by atoms with Crippen LogP contribution in [0.2, 0.25) is 0 Å². The predicted octanol–water partition coefficient (Wildman–Crippen LogP) is 2.32. The average Bonchev–Trinajstić information content (AvgIpc) is 3.09. The zero-order chi connectivity index (χ0) is 15.0. The first kappa shape index (κ1) is 14.2. The molecule has 0 spiro atoms. The van der Waals surface area contributed by atoms with Gasteiger partial charge in [0, 0.05) is 13.6 Å². The fourth-order valence-electron chi connectivity index (χ4n) is 4.02. The molecule has 5 nitrogen and oxygen atoms in total. The summed E-state index contributed by atoms with van der Waals surface area (Å²) in [5.74, 6) is 2.78. The van der Waals surface area contributed by atoms with E-state index >= 15 is 0 Å². The number of aromatic nitrogens is 1. The molecule has 1 aromatic heterocycles. The van der Waals surface area contributed by atoms with Crippen molar-refractivity contribution in [2.45, 2.75) is 25.7 Å². The highest BCUT2D eigenvalue weighted by molar-refractivity contribution is 5.88. The van der Waals surface area contributed by atoms with E-state index in [4.69, 9.17) is 10.5 Å². The Labute approximate surface area is 125 Å². The van der Waals surface area contributed by atoms with Gasteiger partial charge in [0.2, 0.25) is 0 Å². The lowest BCUT2D eigenvalue weighted by Gasteiger charge is -2.28. The van der Waals surface area contributed by atoms with E-state index in [2.05, 4.69) is 9.88 Å². The molecule has 0 amide bonds. The Balaban J connectivity index is 1.74. The Morgan fingerprint density at radius 1 is 1.43 bits per heavy atom. The van der Waals surface area contributed by atoms with Gasteiger partial charge in [0.05, 0.1) is 12.8 Å². The zero-order valence-corrected chi connectivity index (χ0v) is 12.7. The maximum absolute atomic E-state index is 11.6. The van der Waals surface area contributed by atoms with Gasteiger partial charge in [-0.1, -0.05) is 6.42 Å². The van der Waals surface area contributed by atoms with Gasteiger partial charge in [-0.05, 0) is 49.1 Å². The van der Waals surface area contributed by atoms with Crippen LogP contribution in [-0.2, 0) is 4.74 Å². The molecule has 0 saturated heterocycles. The fourth-order valence-corrected chi connectivity index (χ4v) is 4.02. The Hall–Kier alpha value is -1.78. The highest BCUT2D eigenvalue weighted by Crippen LogP contribution is 2.48. The van der Waals surface area contributed by atoms with Crippen molar-refractivity contribution in [1.82, 2.24) is 4.98 Å². The average molecular weight is 289 g/mol. The van der Waals surface area contributed by atoms with Gasteiger partial charge in [-0.3, -0.25) is 0 Å². The molecule has 3 rings (SSSR count). The molecule has 2 aliphatic rings. The number of nitrogen functional groups attached to an aromatic ring is 1. The van der Waals surface area contributed by atoms with Crippen molar-refractivity contribution < 1.29 is 9.53 Å². The number of pyridine rings is 1. The van der Waals surface area contributed by atoms with Crippen molar-refractivity contribution in [2.24, 2.45) is 17.8 Å². The summed E-state index contributed by atoms with van der Waals surface area (Å²) < 4.78 is 4.72. The fraction of sp³-hybridized carbons (Fsp3) is 0.625. The number of rotatable bonds is 4. The maximum Gasteiger partial charge on any atom is 0.356 e. The van der Waals surface area contributed by atoms with Crippen molar-refractivity contribution >= 4 is 17.5 Å². The highest BCUT2D eigenvalue weighted by Gasteiger charge is 2.39. The number of hydrogen-bond donors (Lipinski definition) is 1. The van der Waals surface area contributed by atoms with E-state index in [0.29, 0.717) is 17.2 Å². The first-order valence-corrected chi connectivity index (χ1v) is 7.64. The third kappa shape index (κ3) is 2.69. The van der Waals surface area contributed by atoms with Gasteiger partial charge in [0.25, 0.3) is 0 Å². The maximum atomic E-state index is 11.6. The van der Waals surface area contributed by atoms with Gasteiger partial charge in [0.1, 0.15) is 0 Å². The second-order valence-electron chi connectivity index (χ2n) is 6.42. The molecule has 2 bridgehead atoms. The number of anilines is 2. The first-order chi connectivity index (χ1) is 10.1. The van der Waals surface area contributed by atoms with Gasteiger partial charge in [0.15, 0.2) is 11.5 Å². The molecule has 0 aromatic carbocycles. The number of ether oxygens (including phenoxy) is 1. The molecular formula is C16H23N3O2. The summed E-state index contributed by atoms with van der Waals surface area (Å²) in [7, 11) is 3.37. The molecule has 2 N–H and O–H groups in total. The quantitative estimate of drug-likeness (QED) is 0.862. The van der Waals surface area contributed by atoms with Crippen LogP contribution in [0.15, 0.2) is 12.1 Å². The predicted molar refractivity (Wildman–Crippen MR) is 82.2 cm³/mol. The van der Waals surface area contributed by atoms with Gasteiger partial charge in [-0.25, -0.2) is 9.78 Å². The minimum Gasteiger partial charge on any atom is -0.464 e. The summed E-state index contributed by atoms with van der Waals surface area (Å²) in [6.07, 6.45) is 5.49. The molecule has 2 saturated carbocycles. The van der Waals surface area contributed by atoms with Gasteiger partial charge in [-0.15, -0.1) is 0 Å². The summed E-state index contributed by atoms with van der Waals surface area (Å²) in [5, 5.41) is 0. The number of carbonyl (C=O) groups is 1. The molecule has 1 heterocycles. The van der Waals surface area contributed by atoms with E-state index in [0.717, 1.165) is 24.3 Å². The van der Waals surface area contributed by atoms with Gasteiger partial charge in [-0.2, -0.15) is 0 Å². The molecule has 2 aliphatic carbocycles. The standard InChI is InChI=1S/C16H23N3O2/c1-19(9-12-8-10-3-4-11(12)7-10)15-13(17)5-6-14(18-15)16(20)21-2/h5-6,10-12H,3-4,7-9,17H2,1-2H3. The molecule has 5 heteroatoms. The first-order valence-electron chi connectivity index (χ1n) is 7.64. The van der Waals surface area contributed by atoms with Crippen LogP contribution in [0.4, 0.5) is 11.5 Å². The number of nitrogens with two attached hydrogens (primary N) is 1. The van der Waals surface area contributed by atoms with Crippen LogP contribution in [-0.4, -0.2) is 31.7 Å². The third-order valence-corrected chi connectivity index (χ3v) is 5.05. The van der Waals surface area contributed by atoms with Gasteiger partial charge < -0.3 is 15.4 Å². The number of fused-ring (bicyclic) bond motifs is 2. The van der Waals surface area contributed by atoms with E-state index in [1.54, 1.807) is 12.1 Å². The van der Waals surface area contributed by atoms with Crippen LogP contribution in [0.25, 0.3) is 0 Å². The molecule has 3 unspecified atom stereocenters. The zero-order valence-electron chi connectivity index (χ0n) is 12.7. The Bertz CT molecular complexity index is 546. The van der Waals surface area contributed by atoms with Crippen LogP contribution in [0.5, 0.6) is 0 Å². The van der Waals surface area contributed by atoms with Crippen LogP contribution >= 0.6 is 0 Å². The number of nitrogens with zero attached hydrogens (tertiary/aromatic N) is 2. The third-order valence-electron chi connectivity index (χ3n) is 5.05. The number of hydrogen-bond acceptors (Lipinski definition) is 5. The normalized spacial score (nSPS) is 26.9. The monoisotopic (exact) mass is 289 g/mol. The van der Waals surface area contributed by atoms with E-state index in [9.17, 15) is 4.79 Å². The van der Waals surface area contributed by atoms with Gasteiger partial charge >= 0.3 is 5.97 Å². The van der Waals surface area contributed by atoms with Crippen LogP contribution in [0, 0.1) is 17.8 Å². The second kappa shape index (κ2) is 5.54. The van der Waals surface area contributed by atoms with Crippen molar-refractivity contribution in [3.63, 3.8) is 0 Å². The van der Waals surface area contributed by atoms with Crippen molar-refractivity contribution in [2.75, 3.05) is 31.3 Å².